The molecule has 0 spiro atoms. The van der Waals surface area contributed by atoms with E-state index in [2.05, 4.69) is 10.3 Å². The Morgan fingerprint density at radius 3 is 2.29 bits per heavy atom. The van der Waals surface area contributed by atoms with Gasteiger partial charge in [0.1, 0.15) is 23.3 Å². The molecule has 12 heteroatoms. The summed E-state index contributed by atoms with van der Waals surface area (Å²) in [5.74, 6) is -1.82. The molecular weight excluding hydrogens is 460 g/mol. The first-order chi connectivity index (χ1) is 15.7. The van der Waals surface area contributed by atoms with E-state index >= 15 is 0 Å². The summed E-state index contributed by atoms with van der Waals surface area (Å²) in [6, 6.07) is 3.65. The van der Waals surface area contributed by atoms with Gasteiger partial charge in [-0.2, -0.15) is 13.2 Å². The number of aromatic nitrogens is 1. The van der Waals surface area contributed by atoms with Crippen molar-refractivity contribution in [2.45, 2.75) is 45.5 Å². The van der Waals surface area contributed by atoms with Crippen LogP contribution in [0.3, 0.4) is 0 Å². The average Bonchev–Trinajstić information content (AvgIpc) is 3.05. The molecule has 182 valence electrons. The summed E-state index contributed by atoms with van der Waals surface area (Å²) in [7, 11) is 0. The zero-order valence-electron chi connectivity index (χ0n) is 18.7. The number of aryl methyl sites for hydroxylation is 1. The number of nitrogens with one attached hydrogen (secondary N) is 1. The van der Waals surface area contributed by atoms with Crippen molar-refractivity contribution in [2.24, 2.45) is 0 Å². The number of amides is 4. The van der Waals surface area contributed by atoms with Gasteiger partial charge >= 0.3 is 18.3 Å². The Morgan fingerprint density at radius 1 is 1.12 bits per heavy atom. The molecule has 4 amide bonds. The van der Waals surface area contributed by atoms with Crippen LogP contribution in [-0.2, 0) is 15.7 Å². The van der Waals surface area contributed by atoms with Crippen LogP contribution in [0, 0.1) is 12.7 Å². The van der Waals surface area contributed by atoms with E-state index in [0.29, 0.717) is 15.9 Å². The average molecular weight is 482 g/mol. The number of hydrogen-bond donors (Lipinski definition) is 1. The number of imide groups is 1. The van der Waals surface area contributed by atoms with Crippen LogP contribution in [-0.4, -0.2) is 46.1 Å². The minimum Gasteiger partial charge on any atom is -0.443 e. The van der Waals surface area contributed by atoms with E-state index < -0.39 is 59.6 Å². The van der Waals surface area contributed by atoms with Crippen molar-refractivity contribution in [3.8, 4) is 0 Å². The Kier molecular flexibility index (Phi) is 6.54. The fourth-order valence-electron chi connectivity index (χ4n) is 3.22. The zero-order chi connectivity index (χ0) is 25.4. The molecule has 0 radical (unpaired) electrons. The molecule has 1 aromatic carbocycles. The number of benzene rings is 1. The van der Waals surface area contributed by atoms with Crippen molar-refractivity contribution >= 4 is 29.5 Å². The normalized spacial score (nSPS) is 16.6. The third kappa shape index (κ3) is 5.61. The number of pyridine rings is 1. The molecule has 0 saturated carbocycles. The highest BCUT2D eigenvalue weighted by molar-refractivity contribution is 6.10. The van der Waals surface area contributed by atoms with Gasteiger partial charge in [0.05, 0.1) is 12.1 Å². The standard InChI is InChI=1S/C22H22F4N4O4/c1-12-9-13(22(24,25)26)10-17(27-12)30-16(18(31)28-15-7-5-14(23)6-8-15)11-29(19(30)32)20(33)34-21(2,3)4/h5-10,16H,11H2,1-4H3,(H,28,31). The molecular formula is C22H22F4N4O4. The summed E-state index contributed by atoms with van der Waals surface area (Å²) in [6.45, 7) is 5.51. The van der Waals surface area contributed by atoms with Crippen molar-refractivity contribution < 1.29 is 36.7 Å². The number of carbonyl (C=O) groups is 3. The third-order valence-corrected chi connectivity index (χ3v) is 4.65. The SMILES string of the molecule is Cc1cc(C(F)(F)F)cc(N2C(=O)N(C(=O)OC(C)(C)C)CC2C(=O)Nc2ccc(F)cc2)n1. The van der Waals surface area contributed by atoms with Crippen LogP contribution in [0.4, 0.5) is 38.7 Å². The molecule has 1 N–H and O–H groups in total. The predicted molar refractivity (Wildman–Crippen MR) is 114 cm³/mol. The Bertz CT molecular complexity index is 1110. The molecule has 0 aliphatic carbocycles. The summed E-state index contributed by atoms with van der Waals surface area (Å²) < 4.78 is 58.5. The second kappa shape index (κ2) is 8.92. The number of carbonyl (C=O) groups excluding carboxylic acids is 3. The Balaban J connectivity index is 2.01. The van der Waals surface area contributed by atoms with E-state index in [1.165, 1.54) is 19.1 Å². The summed E-state index contributed by atoms with van der Waals surface area (Å²) >= 11 is 0. The molecule has 2 aromatic rings. The number of urea groups is 1. The van der Waals surface area contributed by atoms with Gasteiger partial charge in [0, 0.05) is 11.4 Å². The van der Waals surface area contributed by atoms with E-state index in [-0.39, 0.29) is 11.4 Å². The molecule has 1 fully saturated rings. The monoisotopic (exact) mass is 482 g/mol. The molecule has 8 nitrogen and oxygen atoms in total. The van der Waals surface area contributed by atoms with Gasteiger partial charge in [0.15, 0.2) is 0 Å². The number of halogens is 4. The van der Waals surface area contributed by atoms with Gasteiger partial charge in [-0.1, -0.05) is 0 Å². The molecule has 1 atom stereocenters. The van der Waals surface area contributed by atoms with Crippen LogP contribution >= 0.6 is 0 Å². The van der Waals surface area contributed by atoms with Crippen LogP contribution in [0.5, 0.6) is 0 Å². The van der Waals surface area contributed by atoms with E-state index in [1.54, 1.807) is 20.8 Å². The highest BCUT2D eigenvalue weighted by Crippen LogP contribution is 2.34. The minimum absolute atomic E-state index is 0.0500. The number of rotatable bonds is 3. The van der Waals surface area contributed by atoms with Crippen LogP contribution < -0.4 is 10.2 Å². The zero-order valence-corrected chi connectivity index (χ0v) is 18.7. The van der Waals surface area contributed by atoms with Gasteiger partial charge in [-0.25, -0.2) is 23.9 Å². The molecule has 1 unspecified atom stereocenters. The minimum atomic E-state index is -4.73. The fourth-order valence-corrected chi connectivity index (χ4v) is 3.22. The molecule has 2 heterocycles. The van der Waals surface area contributed by atoms with Crippen molar-refractivity contribution in [1.29, 1.82) is 0 Å². The van der Waals surface area contributed by atoms with Crippen LogP contribution in [0.1, 0.15) is 32.0 Å². The molecule has 1 aromatic heterocycles. The first-order valence-corrected chi connectivity index (χ1v) is 10.1. The first-order valence-electron chi connectivity index (χ1n) is 10.1. The highest BCUT2D eigenvalue weighted by Gasteiger charge is 2.47. The molecule has 3 rings (SSSR count). The van der Waals surface area contributed by atoms with Gasteiger partial charge in [-0.3, -0.25) is 9.69 Å². The number of nitrogens with zero attached hydrogens (tertiary/aromatic N) is 3. The second-order valence-electron chi connectivity index (χ2n) is 8.61. The van der Waals surface area contributed by atoms with Gasteiger partial charge in [0.25, 0.3) is 0 Å². The largest absolute Gasteiger partial charge is 0.443 e. The van der Waals surface area contributed by atoms with E-state index in [0.717, 1.165) is 18.2 Å². The Labute approximate surface area is 192 Å². The summed E-state index contributed by atoms with van der Waals surface area (Å²) in [4.78, 5) is 44.1. The molecule has 1 aliphatic heterocycles. The van der Waals surface area contributed by atoms with E-state index in [1.807, 2.05) is 0 Å². The van der Waals surface area contributed by atoms with Crippen molar-refractivity contribution in [3.05, 3.63) is 53.5 Å². The van der Waals surface area contributed by atoms with Crippen LogP contribution in [0.25, 0.3) is 0 Å². The second-order valence-corrected chi connectivity index (χ2v) is 8.61. The van der Waals surface area contributed by atoms with Crippen LogP contribution in [0.2, 0.25) is 0 Å². The molecule has 0 bridgehead atoms. The van der Waals surface area contributed by atoms with Crippen LogP contribution in [0.15, 0.2) is 36.4 Å². The van der Waals surface area contributed by atoms with E-state index in [4.69, 9.17) is 4.74 Å². The Morgan fingerprint density at radius 2 is 1.74 bits per heavy atom. The van der Waals surface area contributed by atoms with Crippen molar-refractivity contribution in [2.75, 3.05) is 16.8 Å². The predicted octanol–water partition coefficient (Wildman–Crippen LogP) is 4.73. The maximum Gasteiger partial charge on any atom is 0.418 e. The van der Waals surface area contributed by atoms with Gasteiger partial charge < -0.3 is 10.1 Å². The fraction of sp³-hybridized carbons (Fsp3) is 0.364. The number of ether oxygens (including phenoxy) is 1. The number of hydrogen-bond acceptors (Lipinski definition) is 5. The smallest absolute Gasteiger partial charge is 0.418 e. The maximum atomic E-state index is 13.4. The Hall–Kier alpha value is -3.70. The lowest BCUT2D eigenvalue weighted by molar-refractivity contribution is -0.137. The summed E-state index contributed by atoms with van der Waals surface area (Å²) in [5, 5.41) is 2.47. The molecule has 1 saturated heterocycles. The van der Waals surface area contributed by atoms with Gasteiger partial charge in [0.2, 0.25) is 5.91 Å². The quantitative estimate of drug-likeness (QED) is 0.639. The summed E-state index contributed by atoms with van der Waals surface area (Å²) in [6.07, 6.45) is -5.80. The lowest BCUT2D eigenvalue weighted by Gasteiger charge is -2.24. The molecule has 34 heavy (non-hydrogen) atoms. The van der Waals surface area contributed by atoms with Gasteiger partial charge in [-0.05, 0) is 64.1 Å². The summed E-state index contributed by atoms with van der Waals surface area (Å²) in [5.41, 5.74) is -1.91. The maximum absolute atomic E-state index is 13.4. The number of alkyl halides is 3. The number of anilines is 2. The third-order valence-electron chi connectivity index (χ3n) is 4.65. The topological polar surface area (TPSA) is 91.8 Å². The van der Waals surface area contributed by atoms with E-state index in [9.17, 15) is 31.9 Å². The van der Waals surface area contributed by atoms with Crippen molar-refractivity contribution in [3.63, 3.8) is 0 Å². The lowest BCUT2D eigenvalue weighted by Crippen LogP contribution is -2.43. The highest BCUT2D eigenvalue weighted by atomic mass is 19.4. The lowest BCUT2D eigenvalue weighted by atomic mass is 10.2. The first kappa shape index (κ1) is 24.9. The van der Waals surface area contributed by atoms with Gasteiger partial charge in [-0.15, -0.1) is 0 Å². The van der Waals surface area contributed by atoms with Crippen molar-refractivity contribution in [1.82, 2.24) is 9.88 Å². The molecule has 1 aliphatic rings.